The molecule has 0 unspecified atom stereocenters. The highest BCUT2D eigenvalue weighted by Gasteiger charge is 2.19. The highest BCUT2D eigenvalue weighted by atomic mass is 16.3. The molecular formula is C8H17NO. The third-order valence-electron chi connectivity index (χ3n) is 2.24. The summed E-state index contributed by atoms with van der Waals surface area (Å²) in [4.78, 5) is 0. The first kappa shape index (κ1) is 8.02. The zero-order valence-electron chi connectivity index (χ0n) is 6.64. The lowest BCUT2D eigenvalue weighted by Gasteiger charge is -2.09. The Balaban J connectivity index is 2.06. The van der Waals surface area contributed by atoms with Gasteiger partial charge in [-0.3, -0.25) is 0 Å². The van der Waals surface area contributed by atoms with Gasteiger partial charge in [0.2, 0.25) is 0 Å². The van der Waals surface area contributed by atoms with Gasteiger partial charge in [0.1, 0.15) is 0 Å². The summed E-state index contributed by atoms with van der Waals surface area (Å²) >= 11 is 0. The van der Waals surface area contributed by atoms with Gasteiger partial charge in [-0.05, 0) is 25.2 Å². The molecule has 10 heavy (non-hydrogen) atoms. The molecule has 0 spiro atoms. The highest BCUT2D eigenvalue weighted by molar-refractivity contribution is 4.77. The van der Waals surface area contributed by atoms with Crippen LogP contribution >= 0.6 is 0 Å². The predicted octanol–water partition coefficient (Wildman–Crippen LogP) is 0.757. The fraction of sp³-hybridized carbons (Fsp3) is 1.00. The largest absolute Gasteiger partial charge is 0.395 e. The molecular weight excluding hydrogens is 126 g/mol. The molecule has 1 saturated carbocycles. The molecule has 0 aliphatic heterocycles. The van der Waals surface area contributed by atoms with Crippen LogP contribution < -0.4 is 5.32 Å². The highest BCUT2D eigenvalue weighted by Crippen LogP contribution is 2.24. The fourth-order valence-electron chi connectivity index (χ4n) is 1.66. The molecule has 0 bridgehead atoms. The summed E-state index contributed by atoms with van der Waals surface area (Å²) in [5.41, 5.74) is 0. The van der Waals surface area contributed by atoms with Crippen LogP contribution in [0.15, 0.2) is 0 Å². The summed E-state index contributed by atoms with van der Waals surface area (Å²) in [6, 6.07) is 0.683. The molecule has 0 aromatic carbocycles. The van der Waals surface area contributed by atoms with Crippen LogP contribution in [-0.4, -0.2) is 24.3 Å². The molecule has 2 heteroatoms. The summed E-state index contributed by atoms with van der Waals surface area (Å²) in [5, 5.41) is 11.8. The maximum absolute atomic E-state index is 8.53. The van der Waals surface area contributed by atoms with Gasteiger partial charge in [0.25, 0.3) is 0 Å². The first-order valence-corrected chi connectivity index (χ1v) is 4.17. The van der Waals surface area contributed by atoms with E-state index in [4.69, 9.17) is 5.11 Å². The molecule has 0 aromatic heterocycles. The van der Waals surface area contributed by atoms with Gasteiger partial charge in [-0.1, -0.05) is 6.92 Å². The van der Waals surface area contributed by atoms with Crippen molar-refractivity contribution in [2.24, 2.45) is 5.92 Å². The molecule has 0 radical (unpaired) electrons. The number of rotatable bonds is 3. The van der Waals surface area contributed by atoms with Crippen molar-refractivity contribution >= 4 is 0 Å². The summed E-state index contributed by atoms with van der Waals surface area (Å²) in [7, 11) is 0. The lowest BCUT2D eigenvalue weighted by molar-refractivity contribution is 0.283. The first-order chi connectivity index (χ1) is 4.83. The van der Waals surface area contributed by atoms with Crippen LogP contribution in [-0.2, 0) is 0 Å². The molecule has 0 saturated heterocycles. The molecule has 1 fully saturated rings. The van der Waals surface area contributed by atoms with Crippen molar-refractivity contribution in [2.45, 2.75) is 32.2 Å². The quantitative estimate of drug-likeness (QED) is 0.611. The smallest absolute Gasteiger partial charge is 0.0556 e. The van der Waals surface area contributed by atoms with Crippen LogP contribution in [0, 0.1) is 5.92 Å². The number of hydrogen-bond acceptors (Lipinski definition) is 2. The Hall–Kier alpha value is -0.0800. The lowest BCUT2D eigenvalue weighted by Crippen LogP contribution is -2.28. The molecule has 60 valence electrons. The maximum Gasteiger partial charge on any atom is 0.0556 e. The van der Waals surface area contributed by atoms with E-state index in [1.54, 1.807) is 0 Å². The van der Waals surface area contributed by atoms with Crippen LogP contribution in [0.3, 0.4) is 0 Å². The molecule has 0 aromatic rings. The Morgan fingerprint density at radius 3 is 2.80 bits per heavy atom. The van der Waals surface area contributed by atoms with Crippen LogP contribution in [0.1, 0.15) is 26.2 Å². The van der Waals surface area contributed by atoms with Crippen molar-refractivity contribution in [3.8, 4) is 0 Å². The summed E-state index contributed by atoms with van der Waals surface area (Å²) in [5.74, 6) is 0.885. The third kappa shape index (κ3) is 2.27. The zero-order chi connectivity index (χ0) is 7.40. The monoisotopic (exact) mass is 143 g/mol. The van der Waals surface area contributed by atoms with E-state index in [1.165, 1.54) is 19.3 Å². The molecule has 1 aliphatic carbocycles. The minimum Gasteiger partial charge on any atom is -0.395 e. The Kier molecular flexibility index (Phi) is 3.16. The van der Waals surface area contributed by atoms with E-state index < -0.39 is 0 Å². The number of nitrogens with one attached hydrogen (secondary N) is 1. The first-order valence-electron chi connectivity index (χ1n) is 4.17. The number of hydrogen-bond donors (Lipinski definition) is 2. The van der Waals surface area contributed by atoms with Crippen LogP contribution in [0.25, 0.3) is 0 Å². The van der Waals surface area contributed by atoms with Crippen molar-refractivity contribution in [1.82, 2.24) is 5.32 Å². The summed E-state index contributed by atoms with van der Waals surface area (Å²) < 4.78 is 0. The molecule has 0 amide bonds. The fourth-order valence-corrected chi connectivity index (χ4v) is 1.66. The average molecular weight is 143 g/mol. The lowest BCUT2D eigenvalue weighted by atomic mass is 10.1. The maximum atomic E-state index is 8.53. The van der Waals surface area contributed by atoms with Crippen molar-refractivity contribution in [3.05, 3.63) is 0 Å². The predicted molar refractivity (Wildman–Crippen MR) is 41.9 cm³/mol. The second-order valence-electron chi connectivity index (χ2n) is 3.29. The van der Waals surface area contributed by atoms with Gasteiger partial charge in [0.15, 0.2) is 0 Å². The molecule has 1 rings (SSSR count). The van der Waals surface area contributed by atoms with E-state index in [1.807, 2.05) is 0 Å². The third-order valence-corrected chi connectivity index (χ3v) is 2.24. The van der Waals surface area contributed by atoms with Gasteiger partial charge in [-0.2, -0.15) is 0 Å². The minimum atomic E-state index is 0.269. The van der Waals surface area contributed by atoms with E-state index >= 15 is 0 Å². The van der Waals surface area contributed by atoms with E-state index in [0.717, 1.165) is 12.5 Å². The van der Waals surface area contributed by atoms with Gasteiger partial charge in [0.05, 0.1) is 6.61 Å². The molecule has 0 heterocycles. The summed E-state index contributed by atoms with van der Waals surface area (Å²) in [6.07, 6.45) is 3.93. The molecule has 2 N–H and O–H groups in total. The van der Waals surface area contributed by atoms with Crippen LogP contribution in [0.4, 0.5) is 0 Å². The Morgan fingerprint density at radius 2 is 2.30 bits per heavy atom. The van der Waals surface area contributed by atoms with Crippen LogP contribution in [0.5, 0.6) is 0 Å². The zero-order valence-corrected chi connectivity index (χ0v) is 6.64. The standard InChI is InChI=1S/C8H17NO/c1-7-2-3-8(6-7)9-4-5-10/h7-10H,2-6H2,1H3/t7-,8+/m0/s1. The van der Waals surface area contributed by atoms with Crippen LogP contribution in [0.2, 0.25) is 0 Å². The second-order valence-corrected chi connectivity index (χ2v) is 3.29. The summed E-state index contributed by atoms with van der Waals surface area (Å²) in [6.45, 7) is 3.32. The van der Waals surface area contributed by atoms with Gasteiger partial charge in [-0.15, -0.1) is 0 Å². The Labute approximate surface area is 62.6 Å². The molecule has 2 atom stereocenters. The topological polar surface area (TPSA) is 32.3 Å². The van der Waals surface area contributed by atoms with Crippen molar-refractivity contribution in [1.29, 1.82) is 0 Å². The molecule has 1 aliphatic rings. The SMILES string of the molecule is C[C@H]1CC[C@@H](NCCO)C1. The van der Waals surface area contributed by atoms with Gasteiger partial charge < -0.3 is 10.4 Å². The van der Waals surface area contributed by atoms with Gasteiger partial charge in [0, 0.05) is 12.6 Å². The van der Waals surface area contributed by atoms with Gasteiger partial charge in [-0.25, -0.2) is 0 Å². The Morgan fingerprint density at radius 1 is 1.50 bits per heavy atom. The number of aliphatic hydroxyl groups excluding tert-OH is 1. The average Bonchev–Trinajstić information content (AvgIpc) is 2.31. The van der Waals surface area contributed by atoms with E-state index in [9.17, 15) is 0 Å². The normalized spacial score (nSPS) is 33.0. The second kappa shape index (κ2) is 3.94. The van der Waals surface area contributed by atoms with E-state index in [-0.39, 0.29) is 6.61 Å². The minimum absolute atomic E-state index is 0.269. The van der Waals surface area contributed by atoms with E-state index in [2.05, 4.69) is 12.2 Å². The van der Waals surface area contributed by atoms with E-state index in [0.29, 0.717) is 6.04 Å². The Bertz CT molecular complexity index is 95.3. The molecule has 2 nitrogen and oxygen atoms in total. The number of aliphatic hydroxyl groups is 1. The van der Waals surface area contributed by atoms with Crippen molar-refractivity contribution in [2.75, 3.05) is 13.2 Å². The van der Waals surface area contributed by atoms with Crippen molar-refractivity contribution in [3.63, 3.8) is 0 Å². The van der Waals surface area contributed by atoms with Gasteiger partial charge >= 0.3 is 0 Å². The van der Waals surface area contributed by atoms with Crippen molar-refractivity contribution < 1.29 is 5.11 Å².